The second-order valence-electron chi connectivity index (χ2n) is 1.10. The van der Waals surface area contributed by atoms with E-state index in [0.29, 0.717) is 0 Å². The quantitative estimate of drug-likeness (QED) is 0.314. The van der Waals surface area contributed by atoms with Crippen molar-refractivity contribution in [1.29, 1.82) is 26.3 Å². The largest absolute Gasteiger partial charge is 2.00 e. The van der Waals surface area contributed by atoms with Crippen molar-refractivity contribution in [2.24, 2.45) is 0 Å². The van der Waals surface area contributed by atoms with Gasteiger partial charge in [-0.2, -0.15) is 15.8 Å². The standard InChI is InChI=1S/5CHNS.Al.Pt/c5*2-1-3;;/h5*3H;;/q;;;;;+3;+2/p-5. The van der Waals surface area contributed by atoms with E-state index in [2.05, 4.69) is 25.3 Å². The monoisotopic (exact) mass is 512 g/mol. The van der Waals surface area contributed by atoms with Gasteiger partial charge in [0.15, 0.2) is 0 Å². The zero-order valence-electron chi connectivity index (χ0n) is 7.67. The van der Waals surface area contributed by atoms with Crippen molar-refractivity contribution in [3.63, 3.8) is 0 Å². The van der Waals surface area contributed by atoms with Crippen LogP contribution in [-0.4, -0.2) is 10.8 Å². The normalized spacial score (nSPS) is 4.88. The van der Waals surface area contributed by atoms with Crippen LogP contribution < -0.4 is 0 Å². The second kappa shape index (κ2) is 29.8. The van der Waals surface area contributed by atoms with Gasteiger partial charge in [-0.05, 0) is 0 Å². The van der Waals surface area contributed by atoms with Gasteiger partial charge < -0.3 is 25.3 Å². The summed E-state index contributed by atoms with van der Waals surface area (Å²) in [5, 5.41) is 47.1. The van der Waals surface area contributed by atoms with Gasteiger partial charge in [-0.25, -0.2) is 10.5 Å². The van der Waals surface area contributed by atoms with Crippen LogP contribution in [0.4, 0.5) is 0 Å². The summed E-state index contributed by atoms with van der Waals surface area (Å²) in [6, 6.07) is 0. The Morgan fingerprint density at radius 3 is 1.00 bits per heavy atom. The number of hydrogen-bond acceptors (Lipinski definition) is 10. The Morgan fingerprint density at radius 1 is 0.706 bits per heavy atom. The van der Waals surface area contributed by atoms with Gasteiger partial charge in [0.25, 0.3) is 0 Å². The van der Waals surface area contributed by atoms with Crippen LogP contribution in [0.15, 0.2) is 0 Å². The Morgan fingerprint density at radius 2 is 0.882 bits per heavy atom. The molecule has 0 aliphatic heterocycles. The number of nitrogens with zero attached hydrogens (tertiary/aromatic N) is 5. The summed E-state index contributed by atoms with van der Waals surface area (Å²) in [6.07, 6.45) is 0. The first-order valence-corrected chi connectivity index (χ1v) is 10.5. The third-order valence-electron chi connectivity index (χ3n) is 0.447. The predicted molar refractivity (Wildman–Crippen MR) is 71.3 cm³/mol. The first-order valence-electron chi connectivity index (χ1n) is 2.85. The van der Waals surface area contributed by atoms with Gasteiger partial charge in [-0.3, -0.25) is 0 Å². The van der Waals surface area contributed by atoms with E-state index in [9.17, 15) is 0 Å². The first-order chi connectivity index (χ1) is 7.67. The summed E-state index contributed by atoms with van der Waals surface area (Å²) in [7, 11) is 1.59. The molecule has 17 heavy (non-hydrogen) atoms. The fourth-order valence-corrected chi connectivity index (χ4v) is 5.43. The van der Waals surface area contributed by atoms with Gasteiger partial charge in [-0.1, -0.05) is 10.8 Å². The molecule has 0 N–H and O–H groups in total. The van der Waals surface area contributed by atoms with Crippen LogP contribution >= 0.6 is 30.4 Å². The molecule has 0 aromatic heterocycles. The smallest absolute Gasteiger partial charge is 0.696 e. The van der Waals surface area contributed by atoms with Crippen molar-refractivity contribution in [2.75, 3.05) is 0 Å². The molecule has 0 amide bonds. The van der Waals surface area contributed by atoms with Crippen LogP contribution in [0, 0.1) is 53.3 Å². The predicted octanol–water partition coefficient (Wildman–Crippen LogP) is 1.64. The van der Waals surface area contributed by atoms with Crippen LogP contribution in [0.2, 0.25) is 0 Å². The average molecular weight is 512 g/mol. The Kier molecular flexibility index (Phi) is 45.4. The van der Waals surface area contributed by atoms with Gasteiger partial charge in [0.05, 0.1) is 0 Å². The molecule has 88 valence electrons. The molecule has 0 aromatic rings. The van der Waals surface area contributed by atoms with Crippen molar-refractivity contribution in [3.05, 3.63) is 0 Å². The Labute approximate surface area is 139 Å². The van der Waals surface area contributed by atoms with Crippen LogP contribution in [0.3, 0.4) is 0 Å². The summed E-state index contributed by atoms with van der Waals surface area (Å²) in [4.78, 5) is 0. The summed E-state index contributed by atoms with van der Waals surface area (Å²) >= 11 is 7.40. The van der Waals surface area contributed by atoms with E-state index in [4.69, 9.17) is 26.3 Å². The number of hydrogen-bond donors (Lipinski definition) is 0. The van der Waals surface area contributed by atoms with Gasteiger partial charge in [-0.15, -0.1) is 30.4 Å². The van der Waals surface area contributed by atoms with Crippen molar-refractivity contribution in [1.82, 2.24) is 0 Å². The van der Waals surface area contributed by atoms with Crippen LogP contribution in [0.1, 0.15) is 0 Å². The minimum Gasteiger partial charge on any atom is -0.696 e. The van der Waals surface area contributed by atoms with Crippen molar-refractivity contribution >= 4 is 66.4 Å². The third kappa shape index (κ3) is 38.6. The minimum absolute atomic E-state index is 0. The molecule has 0 spiro atoms. The minimum atomic E-state index is -1.57. The van der Waals surface area contributed by atoms with E-state index in [1.165, 1.54) is 10.8 Å². The molecule has 0 rings (SSSR count). The number of thiocyanates is 5. The van der Waals surface area contributed by atoms with Gasteiger partial charge in [0.2, 0.25) is 0 Å². The molecule has 12 heteroatoms. The maximum absolute atomic E-state index is 8.19. The summed E-state index contributed by atoms with van der Waals surface area (Å²) in [6.45, 7) is 0. The van der Waals surface area contributed by atoms with E-state index >= 15 is 0 Å². The molecule has 0 saturated carbocycles. The molecule has 0 radical (unpaired) electrons. The maximum atomic E-state index is 8.19. The average Bonchev–Trinajstić information content (AvgIpc) is 2.21. The van der Waals surface area contributed by atoms with Gasteiger partial charge in [0, 0.05) is 0 Å². The SMILES string of the molecule is N#C[S-].N#C[S-].N#C[S][Al]([S]C#N)[S]C#N.[Pt+2]. The van der Waals surface area contributed by atoms with E-state index in [1.54, 1.807) is 0 Å². The summed E-state index contributed by atoms with van der Waals surface area (Å²) in [5.41, 5.74) is 0. The van der Waals surface area contributed by atoms with Crippen LogP contribution in [0.25, 0.3) is 0 Å². The molecule has 0 unspecified atom stereocenters. The molecule has 0 heterocycles. The van der Waals surface area contributed by atoms with E-state index in [1.807, 2.05) is 16.2 Å². The molecule has 0 bridgehead atoms. The first kappa shape index (κ1) is 25.9. The molecular weight excluding hydrogens is 512 g/mol. The fraction of sp³-hybridized carbons (Fsp3) is 0. The van der Waals surface area contributed by atoms with Crippen molar-refractivity contribution in [3.8, 4) is 27.0 Å². The van der Waals surface area contributed by atoms with E-state index < -0.39 is 10.8 Å². The second-order valence-corrected chi connectivity index (χ2v) is 12.3. The zero-order chi connectivity index (χ0) is 13.2. The summed E-state index contributed by atoms with van der Waals surface area (Å²) in [5.74, 6) is 0. The molecule has 0 saturated heterocycles. The Hall–Kier alpha value is 0.161. The molecular formula is C5AlN5PtS5. The Bertz CT molecular complexity index is 309. The molecule has 0 aliphatic rings. The van der Waals surface area contributed by atoms with Gasteiger partial charge >= 0.3 is 31.8 Å². The van der Waals surface area contributed by atoms with E-state index in [-0.39, 0.29) is 21.1 Å². The van der Waals surface area contributed by atoms with E-state index in [0.717, 1.165) is 30.4 Å². The van der Waals surface area contributed by atoms with Crippen molar-refractivity contribution in [2.45, 2.75) is 0 Å². The number of nitriles is 5. The maximum Gasteiger partial charge on any atom is 2.00 e. The Balaban J connectivity index is -0.000000102. The van der Waals surface area contributed by atoms with Crippen LogP contribution in [0.5, 0.6) is 0 Å². The number of rotatable bonds is 3. The molecule has 0 atom stereocenters. The zero-order valence-corrected chi connectivity index (χ0v) is 15.2. The molecule has 5 nitrogen and oxygen atoms in total. The fourth-order valence-electron chi connectivity index (χ4n) is 0.201. The molecule has 0 fully saturated rings. The van der Waals surface area contributed by atoms with Crippen LogP contribution in [-0.2, 0) is 46.3 Å². The van der Waals surface area contributed by atoms with Gasteiger partial charge in [0.1, 0.15) is 16.2 Å². The summed E-state index contributed by atoms with van der Waals surface area (Å²) < 4.78 is 0. The molecule has 0 aromatic carbocycles. The topological polar surface area (TPSA) is 119 Å². The molecule has 0 aliphatic carbocycles. The van der Waals surface area contributed by atoms with Crippen molar-refractivity contribution < 1.29 is 21.1 Å². The third-order valence-corrected chi connectivity index (χ3v) is 9.22.